The molecule has 144 valence electrons. The van der Waals surface area contributed by atoms with Crippen LogP contribution in [-0.4, -0.2) is 22.8 Å². The maximum absolute atomic E-state index is 6.78. The molecule has 0 heterocycles. The molecule has 6 rings (SSSR count). The summed E-state index contributed by atoms with van der Waals surface area (Å²) in [4.78, 5) is 0. The van der Waals surface area contributed by atoms with Gasteiger partial charge in [0.15, 0.2) is 0 Å². The van der Waals surface area contributed by atoms with E-state index in [1.165, 1.54) is 38.5 Å². The van der Waals surface area contributed by atoms with Crippen LogP contribution in [-0.2, 0) is 8.85 Å². The second kappa shape index (κ2) is 5.14. The van der Waals surface area contributed by atoms with E-state index in [0.29, 0.717) is 10.8 Å². The Labute approximate surface area is 156 Å². The molecule has 6 saturated carbocycles. The minimum absolute atomic E-state index is 0.278. The van der Waals surface area contributed by atoms with E-state index in [2.05, 4.69) is 41.5 Å². The second-order valence-corrected chi connectivity index (χ2v) is 15.0. The smallest absolute Gasteiger partial charge is 0.352 e. The highest BCUT2D eigenvalue weighted by atomic mass is 28.4. The maximum atomic E-state index is 6.78. The zero-order valence-corrected chi connectivity index (χ0v) is 18.9. The average molecular weight is 365 g/mol. The van der Waals surface area contributed by atoms with Crippen molar-refractivity contribution in [3.8, 4) is 0 Å². The van der Waals surface area contributed by atoms with E-state index in [1.807, 2.05) is 14.2 Å². The Morgan fingerprint density at radius 1 is 0.680 bits per heavy atom. The number of hydrogen-bond acceptors (Lipinski definition) is 2. The van der Waals surface area contributed by atoms with Gasteiger partial charge in [0.2, 0.25) is 0 Å². The molecule has 0 aromatic rings. The summed E-state index contributed by atoms with van der Waals surface area (Å²) in [5.41, 5.74) is 0.714. The molecule has 0 spiro atoms. The van der Waals surface area contributed by atoms with Crippen LogP contribution in [0.3, 0.4) is 0 Å². The molecule has 0 aromatic carbocycles. The fourth-order valence-electron chi connectivity index (χ4n) is 9.25. The van der Waals surface area contributed by atoms with Crippen LogP contribution in [0.15, 0.2) is 0 Å². The van der Waals surface area contributed by atoms with Gasteiger partial charge in [-0.1, -0.05) is 41.5 Å². The first-order chi connectivity index (χ1) is 11.6. The molecule has 6 fully saturated rings. The van der Waals surface area contributed by atoms with Crippen molar-refractivity contribution in [2.75, 3.05) is 14.2 Å². The second-order valence-electron chi connectivity index (χ2n) is 11.2. The Hall–Kier alpha value is 0.137. The first-order valence-corrected chi connectivity index (χ1v) is 12.5. The van der Waals surface area contributed by atoms with Gasteiger partial charge >= 0.3 is 8.56 Å². The van der Waals surface area contributed by atoms with Gasteiger partial charge in [0.05, 0.1) is 0 Å². The van der Waals surface area contributed by atoms with E-state index in [9.17, 15) is 0 Å². The summed E-state index contributed by atoms with van der Waals surface area (Å²) in [5.74, 6) is 3.18. The normalized spacial score (nSPS) is 49.9. The third kappa shape index (κ3) is 1.59. The maximum Gasteiger partial charge on any atom is 0.352 e. The molecular formula is C22H40O2Si. The lowest BCUT2D eigenvalue weighted by Gasteiger charge is -2.81. The van der Waals surface area contributed by atoms with Gasteiger partial charge in [0, 0.05) is 24.3 Å². The van der Waals surface area contributed by atoms with Gasteiger partial charge in [0.1, 0.15) is 0 Å². The standard InChI is InChI=1S/C22H40O2Si/c1-15-9-11-17-13-21(15,19(17,3)4)25(23-7,24-8)22-14-18(20(22,5)6)12-10-16(22)2/h15-18H,9-14H2,1-8H3. The minimum Gasteiger partial charge on any atom is -0.397 e. The number of fused-ring (bicyclic) bond motifs is 4. The predicted octanol–water partition coefficient (Wildman–Crippen LogP) is 6.15. The third-order valence-electron chi connectivity index (χ3n) is 10.8. The summed E-state index contributed by atoms with van der Waals surface area (Å²) in [6, 6.07) is 0. The summed E-state index contributed by atoms with van der Waals surface area (Å²) in [6.07, 6.45) is 8.24. The van der Waals surface area contributed by atoms with E-state index < -0.39 is 8.56 Å². The Morgan fingerprint density at radius 2 is 1.04 bits per heavy atom. The van der Waals surface area contributed by atoms with Crippen LogP contribution < -0.4 is 0 Å². The zero-order valence-electron chi connectivity index (χ0n) is 17.9. The van der Waals surface area contributed by atoms with Gasteiger partial charge < -0.3 is 8.85 Å². The molecule has 4 bridgehead atoms. The molecular weight excluding hydrogens is 324 g/mol. The van der Waals surface area contributed by atoms with Crippen molar-refractivity contribution >= 4 is 8.56 Å². The van der Waals surface area contributed by atoms with Gasteiger partial charge in [-0.15, -0.1) is 0 Å². The molecule has 0 radical (unpaired) electrons. The van der Waals surface area contributed by atoms with Crippen LogP contribution in [0.25, 0.3) is 0 Å². The largest absolute Gasteiger partial charge is 0.397 e. The van der Waals surface area contributed by atoms with Gasteiger partial charge in [-0.05, 0) is 73.0 Å². The lowest BCUT2D eigenvalue weighted by molar-refractivity contribution is -0.159. The van der Waals surface area contributed by atoms with Crippen LogP contribution >= 0.6 is 0 Å². The van der Waals surface area contributed by atoms with E-state index in [0.717, 1.165) is 23.7 Å². The van der Waals surface area contributed by atoms with Gasteiger partial charge in [-0.25, -0.2) is 0 Å². The predicted molar refractivity (Wildman–Crippen MR) is 106 cm³/mol. The van der Waals surface area contributed by atoms with E-state index in [1.54, 1.807) is 0 Å². The van der Waals surface area contributed by atoms with Crippen molar-refractivity contribution in [1.82, 2.24) is 0 Å². The molecule has 25 heavy (non-hydrogen) atoms. The van der Waals surface area contributed by atoms with Crippen LogP contribution in [0.1, 0.15) is 80.1 Å². The summed E-state index contributed by atoms with van der Waals surface area (Å²) >= 11 is 0. The fraction of sp³-hybridized carbons (Fsp3) is 1.00. The Balaban J connectivity index is 1.92. The molecule has 0 amide bonds. The molecule has 0 N–H and O–H groups in total. The molecule has 2 nitrogen and oxygen atoms in total. The number of hydrogen-bond donors (Lipinski definition) is 0. The molecule has 6 atom stereocenters. The van der Waals surface area contributed by atoms with Crippen molar-refractivity contribution in [1.29, 1.82) is 0 Å². The van der Waals surface area contributed by atoms with Crippen molar-refractivity contribution in [3.63, 3.8) is 0 Å². The van der Waals surface area contributed by atoms with Gasteiger partial charge in [-0.3, -0.25) is 0 Å². The first-order valence-electron chi connectivity index (χ1n) is 10.7. The first kappa shape index (κ1) is 18.5. The SMILES string of the molecule is CO[Si](OC)(C12CC(CCC1C)C2(C)C)C12CC(CCC1C)C2(C)C. The van der Waals surface area contributed by atoms with Crippen molar-refractivity contribution in [2.45, 2.75) is 90.1 Å². The molecule has 6 aliphatic rings. The average Bonchev–Trinajstić information content (AvgIpc) is 2.57. The van der Waals surface area contributed by atoms with Crippen LogP contribution in [0.5, 0.6) is 0 Å². The van der Waals surface area contributed by atoms with E-state index in [-0.39, 0.29) is 10.1 Å². The molecule has 6 unspecified atom stereocenters. The number of rotatable bonds is 4. The fourth-order valence-corrected chi connectivity index (χ4v) is 16.4. The van der Waals surface area contributed by atoms with Gasteiger partial charge in [-0.2, -0.15) is 0 Å². The lowest BCUT2D eigenvalue weighted by atomic mass is 9.44. The zero-order chi connectivity index (χ0) is 18.5. The highest BCUT2D eigenvalue weighted by molar-refractivity contribution is 6.75. The molecule has 6 aliphatic carbocycles. The lowest BCUT2D eigenvalue weighted by Crippen LogP contribution is -2.81. The molecule has 0 aromatic heterocycles. The summed E-state index contributed by atoms with van der Waals surface area (Å²) in [6.45, 7) is 15.2. The minimum atomic E-state index is -2.46. The quantitative estimate of drug-likeness (QED) is 0.557. The monoisotopic (exact) mass is 364 g/mol. The topological polar surface area (TPSA) is 18.5 Å². The highest BCUT2D eigenvalue weighted by Gasteiger charge is 2.86. The summed E-state index contributed by atoms with van der Waals surface area (Å²) in [7, 11) is 1.56. The van der Waals surface area contributed by atoms with Crippen molar-refractivity contribution in [2.24, 2.45) is 34.5 Å². The Kier molecular flexibility index (Phi) is 3.80. The molecule has 0 aliphatic heterocycles. The highest BCUT2D eigenvalue weighted by Crippen LogP contribution is 2.88. The molecule has 0 saturated heterocycles. The van der Waals surface area contributed by atoms with Crippen LogP contribution in [0.2, 0.25) is 10.1 Å². The Bertz CT molecular complexity index is 520. The van der Waals surface area contributed by atoms with Gasteiger partial charge in [0.25, 0.3) is 0 Å². The van der Waals surface area contributed by atoms with Crippen molar-refractivity contribution in [3.05, 3.63) is 0 Å². The van der Waals surface area contributed by atoms with E-state index >= 15 is 0 Å². The van der Waals surface area contributed by atoms with Crippen LogP contribution in [0.4, 0.5) is 0 Å². The van der Waals surface area contributed by atoms with Crippen molar-refractivity contribution < 1.29 is 8.85 Å². The van der Waals surface area contributed by atoms with Crippen LogP contribution in [0, 0.1) is 34.5 Å². The third-order valence-corrected chi connectivity index (χ3v) is 17.0. The summed E-state index contributed by atoms with van der Waals surface area (Å²) in [5, 5.41) is 0.556. The summed E-state index contributed by atoms with van der Waals surface area (Å²) < 4.78 is 13.6. The molecule has 3 heteroatoms. The van der Waals surface area contributed by atoms with E-state index in [4.69, 9.17) is 8.85 Å². The Morgan fingerprint density at radius 3 is 1.28 bits per heavy atom.